The van der Waals surface area contributed by atoms with Crippen LogP contribution >= 0.6 is 27.5 Å². The van der Waals surface area contributed by atoms with Gasteiger partial charge in [0.1, 0.15) is 10.7 Å². The van der Waals surface area contributed by atoms with Crippen molar-refractivity contribution in [2.24, 2.45) is 0 Å². The predicted octanol–water partition coefficient (Wildman–Crippen LogP) is 3.20. The van der Waals surface area contributed by atoms with Gasteiger partial charge in [-0.25, -0.2) is 12.7 Å². The lowest BCUT2D eigenvalue weighted by Gasteiger charge is -2.15. The van der Waals surface area contributed by atoms with Gasteiger partial charge in [0.15, 0.2) is 4.67 Å². The highest BCUT2D eigenvalue weighted by atomic mass is 79.9. The Morgan fingerprint density at radius 1 is 1.53 bits per heavy atom. The van der Waals surface area contributed by atoms with Crippen LogP contribution in [0.4, 0.5) is 0 Å². The van der Waals surface area contributed by atoms with E-state index < -0.39 is 10.0 Å². The van der Waals surface area contributed by atoms with Crippen molar-refractivity contribution < 1.29 is 12.8 Å². The molecular formula is C10H15BrClNO3S. The lowest BCUT2D eigenvalue weighted by atomic mass is 10.3. The Kier molecular flexibility index (Phi) is 5.50. The van der Waals surface area contributed by atoms with Crippen molar-refractivity contribution in [2.75, 3.05) is 13.6 Å². The van der Waals surface area contributed by atoms with Gasteiger partial charge in [0, 0.05) is 19.7 Å². The van der Waals surface area contributed by atoms with Crippen LogP contribution in [0, 0.1) is 0 Å². The van der Waals surface area contributed by atoms with Gasteiger partial charge in [-0.3, -0.25) is 0 Å². The molecular weight excluding hydrogens is 330 g/mol. The minimum absolute atomic E-state index is 0.131. The standard InChI is InChI=1S/C10H15BrClNO3S/c1-3-4-5-13(2)17(14,15)9-6-8(7-12)16-10(9)11/h6H,3-5,7H2,1-2H3. The summed E-state index contributed by atoms with van der Waals surface area (Å²) in [6.07, 6.45) is 1.77. The fourth-order valence-corrected chi connectivity index (χ4v) is 3.61. The third kappa shape index (κ3) is 3.47. The van der Waals surface area contributed by atoms with Crippen LogP contribution in [0.2, 0.25) is 0 Å². The van der Waals surface area contributed by atoms with Crippen LogP contribution in [0.3, 0.4) is 0 Å². The number of halogens is 2. The zero-order valence-corrected chi connectivity index (χ0v) is 12.9. The fraction of sp³-hybridized carbons (Fsp3) is 0.600. The van der Waals surface area contributed by atoms with Gasteiger partial charge in [0.2, 0.25) is 10.0 Å². The molecule has 0 spiro atoms. The molecule has 1 heterocycles. The monoisotopic (exact) mass is 343 g/mol. The first kappa shape index (κ1) is 15.0. The Hall–Kier alpha value is -0.0400. The maximum atomic E-state index is 12.2. The Balaban J connectivity index is 2.99. The van der Waals surface area contributed by atoms with Gasteiger partial charge >= 0.3 is 0 Å². The molecule has 0 amide bonds. The molecule has 4 nitrogen and oxygen atoms in total. The molecule has 0 aromatic carbocycles. The van der Waals surface area contributed by atoms with E-state index in [4.69, 9.17) is 16.0 Å². The molecule has 17 heavy (non-hydrogen) atoms. The predicted molar refractivity (Wildman–Crippen MR) is 70.7 cm³/mol. The van der Waals surface area contributed by atoms with Gasteiger partial charge in [-0.15, -0.1) is 11.6 Å². The molecule has 0 saturated heterocycles. The van der Waals surface area contributed by atoms with Crippen LogP contribution in [0.1, 0.15) is 25.5 Å². The van der Waals surface area contributed by atoms with Crippen molar-refractivity contribution in [3.05, 3.63) is 16.5 Å². The summed E-state index contributed by atoms with van der Waals surface area (Å²) in [5, 5.41) is 0. The molecule has 0 aliphatic carbocycles. The maximum Gasteiger partial charge on any atom is 0.247 e. The van der Waals surface area contributed by atoms with Gasteiger partial charge in [-0.1, -0.05) is 13.3 Å². The maximum absolute atomic E-state index is 12.2. The minimum atomic E-state index is -3.50. The average molecular weight is 345 g/mol. The van der Waals surface area contributed by atoms with Crippen LogP contribution in [-0.4, -0.2) is 26.3 Å². The second-order valence-corrected chi connectivity index (χ2v) is 6.67. The summed E-state index contributed by atoms with van der Waals surface area (Å²) < 4.78 is 31.1. The number of rotatable bonds is 6. The molecule has 0 unspecified atom stereocenters. The van der Waals surface area contributed by atoms with Crippen molar-refractivity contribution in [3.63, 3.8) is 0 Å². The lowest BCUT2D eigenvalue weighted by Crippen LogP contribution is -2.27. The van der Waals surface area contributed by atoms with Crippen LogP contribution < -0.4 is 0 Å². The summed E-state index contributed by atoms with van der Waals surface area (Å²) in [6, 6.07) is 1.45. The van der Waals surface area contributed by atoms with E-state index in [2.05, 4.69) is 15.9 Å². The average Bonchev–Trinajstić information content (AvgIpc) is 2.67. The first-order valence-electron chi connectivity index (χ1n) is 5.24. The molecule has 0 saturated carbocycles. The van der Waals surface area contributed by atoms with Crippen molar-refractivity contribution in [3.8, 4) is 0 Å². The van der Waals surface area contributed by atoms with Gasteiger partial charge in [0.05, 0.1) is 5.88 Å². The number of furan rings is 1. The summed E-state index contributed by atoms with van der Waals surface area (Å²) in [5.74, 6) is 0.577. The molecule has 7 heteroatoms. The van der Waals surface area contributed by atoms with Crippen molar-refractivity contribution >= 4 is 37.6 Å². The van der Waals surface area contributed by atoms with E-state index in [-0.39, 0.29) is 15.4 Å². The van der Waals surface area contributed by atoms with E-state index in [1.54, 1.807) is 7.05 Å². The number of hydrogen-bond donors (Lipinski definition) is 0. The molecule has 98 valence electrons. The van der Waals surface area contributed by atoms with Crippen LogP contribution in [-0.2, 0) is 15.9 Å². The van der Waals surface area contributed by atoms with Crippen molar-refractivity contribution in [1.82, 2.24) is 4.31 Å². The van der Waals surface area contributed by atoms with E-state index in [0.717, 1.165) is 12.8 Å². The molecule has 0 aliphatic rings. The minimum Gasteiger partial charge on any atom is -0.452 e. The van der Waals surface area contributed by atoms with Gasteiger partial charge in [-0.2, -0.15) is 0 Å². The summed E-state index contributed by atoms with van der Waals surface area (Å²) in [5.41, 5.74) is 0. The fourth-order valence-electron chi connectivity index (χ4n) is 1.31. The Morgan fingerprint density at radius 2 is 2.18 bits per heavy atom. The number of hydrogen-bond acceptors (Lipinski definition) is 3. The second kappa shape index (κ2) is 6.22. The highest BCUT2D eigenvalue weighted by Crippen LogP contribution is 2.29. The van der Waals surface area contributed by atoms with Gasteiger partial charge in [-0.05, 0) is 22.4 Å². The van der Waals surface area contributed by atoms with Crippen LogP contribution in [0.25, 0.3) is 0 Å². The zero-order chi connectivity index (χ0) is 13.1. The van der Waals surface area contributed by atoms with E-state index in [1.807, 2.05) is 6.92 Å². The first-order valence-corrected chi connectivity index (χ1v) is 8.00. The van der Waals surface area contributed by atoms with E-state index in [1.165, 1.54) is 10.4 Å². The Bertz CT molecular complexity index is 472. The molecule has 0 fully saturated rings. The molecule has 1 aromatic heterocycles. The quantitative estimate of drug-likeness (QED) is 0.745. The highest BCUT2D eigenvalue weighted by Gasteiger charge is 2.26. The third-order valence-corrected chi connectivity index (χ3v) is 5.33. The number of alkyl halides is 1. The SMILES string of the molecule is CCCCN(C)S(=O)(=O)c1cc(CCl)oc1Br. The largest absolute Gasteiger partial charge is 0.452 e. The number of unbranched alkanes of at least 4 members (excludes halogenated alkanes) is 1. The molecule has 0 radical (unpaired) electrons. The smallest absolute Gasteiger partial charge is 0.247 e. The lowest BCUT2D eigenvalue weighted by molar-refractivity contribution is 0.454. The topological polar surface area (TPSA) is 50.5 Å². The molecule has 0 aliphatic heterocycles. The van der Waals surface area contributed by atoms with Crippen LogP contribution in [0.15, 0.2) is 20.0 Å². The second-order valence-electron chi connectivity index (χ2n) is 3.66. The summed E-state index contributed by atoms with van der Waals surface area (Å²) in [6.45, 7) is 2.51. The molecule has 1 aromatic rings. The third-order valence-electron chi connectivity index (χ3n) is 2.35. The van der Waals surface area contributed by atoms with Crippen molar-refractivity contribution in [1.29, 1.82) is 0 Å². The van der Waals surface area contributed by atoms with Gasteiger partial charge < -0.3 is 4.42 Å². The van der Waals surface area contributed by atoms with Crippen molar-refractivity contribution in [2.45, 2.75) is 30.5 Å². The Morgan fingerprint density at radius 3 is 2.65 bits per heavy atom. The highest BCUT2D eigenvalue weighted by molar-refractivity contribution is 9.10. The van der Waals surface area contributed by atoms with E-state index >= 15 is 0 Å². The number of nitrogens with zero attached hydrogens (tertiary/aromatic N) is 1. The van der Waals surface area contributed by atoms with E-state index in [9.17, 15) is 8.42 Å². The molecule has 1 rings (SSSR count). The zero-order valence-electron chi connectivity index (χ0n) is 9.74. The molecule has 0 bridgehead atoms. The van der Waals surface area contributed by atoms with Crippen LogP contribution in [0.5, 0.6) is 0 Å². The summed E-state index contributed by atoms with van der Waals surface area (Å²) >= 11 is 8.70. The number of sulfonamides is 1. The summed E-state index contributed by atoms with van der Waals surface area (Å²) in [7, 11) is -1.94. The molecule has 0 atom stereocenters. The first-order chi connectivity index (χ1) is 7.93. The summed E-state index contributed by atoms with van der Waals surface area (Å²) in [4.78, 5) is 0.131. The molecule has 0 N–H and O–H groups in total. The normalized spacial score (nSPS) is 12.3. The van der Waals surface area contributed by atoms with E-state index in [0.29, 0.717) is 12.3 Å². The van der Waals surface area contributed by atoms with Gasteiger partial charge in [0.25, 0.3) is 0 Å². The Labute approximate surface area is 115 Å².